The summed E-state index contributed by atoms with van der Waals surface area (Å²) in [4.78, 5) is 16.7. The third kappa shape index (κ3) is 2.31. The van der Waals surface area contributed by atoms with Crippen molar-refractivity contribution in [2.45, 2.75) is 25.5 Å². The molecule has 0 N–H and O–H groups in total. The molecular weight excluding hydrogens is 280 g/mol. The third-order valence-electron chi connectivity index (χ3n) is 3.95. The molecular formula is C16H16N4O2. The molecule has 6 nitrogen and oxygen atoms in total. The highest BCUT2D eigenvalue weighted by molar-refractivity contribution is 5.62. The molecule has 0 unspecified atom stereocenters. The first-order valence-corrected chi connectivity index (χ1v) is 7.43. The Morgan fingerprint density at radius 3 is 2.91 bits per heavy atom. The SMILES string of the molecule is O=c1n(C[C@H]2CCCO2)nc2cc(-c3ccccc3)ncn12. The minimum Gasteiger partial charge on any atom is -0.376 e. The fourth-order valence-electron chi connectivity index (χ4n) is 2.79. The van der Waals surface area contributed by atoms with Crippen molar-refractivity contribution >= 4 is 5.65 Å². The van der Waals surface area contributed by atoms with Crippen molar-refractivity contribution in [2.24, 2.45) is 0 Å². The van der Waals surface area contributed by atoms with E-state index in [1.165, 1.54) is 9.08 Å². The van der Waals surface area contributed by atoms with Gasteiger partial charge >= 0.3 is 5.69 Å². The molecule has 1 aliphatic rings. The number of aromatic nitrogens is 4. The van der Waals surface area contributed by atoms with Gasteiger partial charge in [0.1, 0.15) is 6.33 Å². The Labute approximate surface area is 127 Å². The number of ether oxygens (including phenoxy) is 1. The first kappa shape index (κ1) is 13.2. The van der Waals surface area contributed by atoms with Gasteiger partial charge in [-0.2, -0.15) is 0 Å². The zero-order chi connectivity index (χ0) is 14.9. The summed E-state index contributed by atoms with van der Waals surface area (Å²) in [5, 5.41) is 4.41. The summed E-state index contributed by atoms with van der Waals surface area (Å²) in [6.07, 6.45) is 3.66. The highest BCUT2D eigenvalue weighted by atomic mass is 16.5. The molecule has 1 atom stereocenters. The van der Waals surface area contributed by atoms with Crippen LogP contribution in [0.15, 0.2) is 47.5 Å². The first-order chi connectivity index (χ1) is 10.8. The van der Waals surface area contributed by atoms with Gasteiger partial charge in [0.15, 0.2) is 5.65 Å². The van der Waals surface area contributed by atoms with Gasteiger partial charge in [-0.1, -0.05) is 30.3 Å². The van der Waals surface area contributed by atoms with Crippen LogP contribution < -0.4 is 5.69 Å². The average Bonchev–Trinajstić information content (AvgIpc) is 3.17. The van der Waals surface area contributed by atoms with E-state index in [1.54, 1.807) is 6.33 Å². The second-order valence-electron chi connectivity index (χ2n) is 5.47. The van der Waals surface area contributed by atoms with Gasteiger partial charge in [-0.3, -0.25) is 0 Å². The monoisotopic (exact) mass is 296 g/mol. The maximum atomic E-state index is 12.3. The van der Waals surface area contributed by atoms with Gasteiger partial charge in [-0.05, 0) is 12.8 Å². The second-order valence-corrected chi connectivity index (χ2v) is 5.47. The molecule has 2 aromatic heterocycles. The minimum absolute atomic E-state index is 0.0872. The predicted octanol–water partition coefficient (Wildman–Crippen LogP) is 1.74. The van der Waals surface area contributed by atoms with E-state index in [2.05, 4.69) is 10.1 Å². The van der Waals surface area contributed by atoms with Crippen LogP contribution in [-0.4, -0.2) is 31.9 Å². The third-order valence-corrected chi connectivity index (χ3v) is 3.95. The average molecular weight is 296 g/mol. The number of hydrogen-bond acceptors (Lipinski definition) is 4. The van der Waals surface area contributed by atoms with Crippen LogP contribution in [0.4, 0.5) is 0 Å². The number of fused-ring (bicyclic) bond motifs is 1. The van der Waals surface area contributed by atoms with Crippen LogP contribution in [0.1, 0.15) is 12.8 Å². The van der Waals surface area contributed by atoms with Crippen molar-refractivity contribution in [3.8, 4) is 11.3 Å². The molecule has 6 heteroatoms. The van der Waals surface area contributed by atoms with E-state index in [9.17, 15) is 4.79 Å². The molecule has 3 aromatic rings. The van der Waals surface area contributed by atoms with Gasteiger partial charge in [0.2, 0.25) is 0 Å². The molecule has 112 valence electrons. The molecule has 0 spiro atoms. The molecule has 0 bridgehead atoms. The lowest BCUT2D eigenvalue weighted by Gasteiger charge is -2.06. The highest BCUT2D eigenvalue weighted by Crippen LogP contribution is 2.17. The lowest BCUT2D eigenvalue weighted by molar-refractivity contribution is 0.0931. The van der Waals surface area contributed by atoms with E-state index in [4.69, 9.17) is 4.74 Å². The van der Waals surface area contributed by atoms with E-state index < -0.39 is 0 Å². The van der Waals surface area contributed by atoms with Gasteiger partial charge in [0, 0.05) is 18.2 Å². The van der Waals surface area contributed by atoms with Crippen molar-refractivity contribution in [1.29, 1.82) is 0 Å². The van der Waals surface area contributed by atoms with E-state index >= 15 is 0 Å². The van der Waals surface area contributed by atoms with E-state index in [0.29, 0.717) is 12.2 Å². The fourth-order valence-corrected chi connectivity index (χ4v) is 2.79. The molecule has 4 rings (SSSR count). The van der Waals surface area contributed by atoms with Gasteiger partial charge in [-0.15, -0.1) is 5.10 Å². The summed E-state index contributed by atoms with van der Waals surface area (Å²) in [5.41, 5.74) is 2.25. The molecule has 1 aliphatic heterocycles. The largest absolute Gasteiger partial charge is 0.376 e. The molecule has 0 saturated carbocycles. The second kappa shape index (κ2) is 5.38. The van der Waals surface area contributed by atoms with E-state index in [-0.39, 0.29) is 11.8 Å². The van der Waals surface area contributed by atoms with Crippen LogP contribution in [0.2, 0.25) is 0 Å². The molecule has 1 saturated heterocycles. The molecule has 22 heavy (non-hydrogen) atoms. The number of hydrogen-bond donors (Lipinski definition) is 0. The van der Waals surface area contributed by atoms with Crippen LogP contribution in [0.25, 0.3) is 16.9 Å². The molecule has 0 aliphatic carbocycles. The van der Waals surface area contributed by atoms with Crippen molar-refractivity contribution in [3.05, 3.63) is 53.2 Å². The molecule has 3 heterocycles. The zero-order valence-corrected chi connectivity index (χ0v) is 12.1. The molecule has 1 aromatic carbocycles. The Hall–Kier alpha value is -2.47. The van der Waals surface area contributed by atoms with Crippen molar-refractivity contribution in [2.75, 3.05) is 6.61 Å². The summed E-state index contributed by atoms with van der Waals surface area (Å²) in [6, 6.07) is 11.7. The van der Waals surface area contributed by atoms with Crippen LogP contribution >= 0.6 is 0 Å². The van der Waals surface area contributed by atoms with Gasteiger partial charge in [0.25, 0.3) is 0 Å². The van der Waals surface area contributed by atoms with Crippen molar-refractivity contribution in [3.63, 3.8) is 0 Å². The Bertz CT molecular complexity index is 847. The van der Waals surface area contributed by atoms with E-state index in [0.717, 1.165) is 30.7 Å². The lowest BCUT2D eigenvalue weighted by Crippen LogP contribution is -2.27. The van der Waals surface area contributed by atoms with Gasteiger partial charge < -0.3 is 4.74 Å². The Kier molecular flexibility index (Phi) is 3.23. The van der Waals surface area contributed by atoms with E-state index in [1.807, 2.05) is 36.4 Å². The zero-order valence-electron chi connectivity index (χ0n) is 12.1. The van der Waals surface area contributed by atoms with Crippen LogP contribution in [0.3, 0.4) is 0 Å². The van der Waals surface area contributed by atoms with Crippen LogP contribution in [0, 0.1) is 0 Å². The summed E-state index contributed by atoms with van der Waals surface area (Å²) < 4.78 is 8.52. The summed E-state index contributed by atoms with van der Waals surface area (Å²) in [6.45, 7) is 1.27. The standard InChI is InChI=1S/C16H16N4O2/c21-16-19-11-17-14(12-5-2-1-3-6-12)9-15(19)18-20(16)10-13-7-4-8-22-13/h1-3,5-6,9,11,13H,4,7-8,10H2/t13-/m1/s1. The van der Waals surface area contributed by atoms with Gasteiger partial charge in [-0.25, -0.2) is 18.9 Å². The maximum absolute atomic E-state index is 12.3. The van der Waals surface area contributed by atoms with Crippen molar-refractivity contribution in [1.82, 2.24) is 19.2 Å². The molecule has 1 fully saturated rings. The number of nitrogens with zero attached hydrogens (tertiary/aromatic N) is 4. The molecule has 0 amide bonds. The summed E-state index contributed by atoms with van der Waals surface area (Å²) in [7, 11) is 0. The predicted molar refractivity (Wildman–Crippen MR) is 81.7 cm³/mol. The quantitative estimate of drug-likeness (QED) is 0.738. The maximum Gasteiger partial charge on any atom is 0.351 e. The smallest absolute Gasteiger partial charge is 0.351 e. The Morgan fingerprint density at radius 1 is 1.27 bits per heavy atom. The Balaban J connectivity index is 1.72. The first-order valence-electron chi connectivity index (χ1n) is 7.43. The highest BCUT2D eigenvalue weighted by Gasteiger charge is 2.18. The van der Waals surface area contributed by atoms with Crippen LogP contribution in [0.5, 0.6) is 0 Å². The number of rotatable bonds is 3. The lowest BCUT2D eigenvalue weighted by atomic mass is 10.1. The Morgan fingerprint density at radius 2 is 2.14 bits per heavy atom. The normalized spacial score (nSPS) is 18.1. The van der Waals surface area contributed by atoms with Crippen molar-refractivity contribution < 1.29 is 4.74 Å². The number of benzene rings is 1. The summed E-state index contributed by atoms with van der Waals surface area (Å²) >= 11 is 0. The van der Waals surface area contributed by atoms with Gasteiger partial charge in [0.05, 0.1) is 18.3 Å². The fraction of sp³-hybridized carbons (Fsp3) is 0.312. The topological polar surface area (TPSA) is 61.4 Å². The molecule has 0 radical (unpaired) electrons. The summed E-state index contributed by atoms with van der Waals surface area (Å²) in [5.74, 6) is 0. The van der Waals surface area contributed by atoms with Crippen LogP contribution in [-0.2, 0) is 11.3 Å². The minimum atomic E-state index is -0.169.